The van der Waals surface area contributed by atoms with E-state index < -0.39 is 0 Å². The highest BCUT2D eigenvalue weighted by Gasteiger charge is 2.18. The van der Waals surface area contributed by atoms with Gasteiger partial charge < -0.3 is 9.73 Å². The van der Waals surface area contributed by atoms with Gasteiger partial charge in [0.15, 0.2) is 0 Å². The minimum absolute atomic E-state index is 0.167. The molecule has 92 valence electrons. The molecule has 2 rings (SSSR count). The van der Waals surface area contributed by atoms with Gasteiger partial charge in [0.2, 0.25) is 0 Å². The molecule has 0 saturated carbocycles. The summed E-state index contributed by atoms with van der Waals surface area (Å²) in [6.07, 6.45) is 2.84. The van der Waals surface area contributed by atoms with Gasteiger partial charge in [-0.15, -0.1) is 11.3 Å². The minimum Gasteiger partial charge on any atom is -0.467 e. The van der Waals surface area contributed by atoms with Gasteiger partial charge in [0.05, 0.1) is 6.26 Å². The molecule has 2 aromatic heterocycles. The first kappa shape index (κ1) is 12.9. The van der Waals surface area contributed by atoms with Crippen LogP contribution in [-0.2, 0) is 0 Å². The first-order valence-electron chi connectivity index (χ1n) is 5.75. The van der Waals surface area contributed by atoms with Crippen molar-refractivity contribution >= 4 is 27.3 Å². The van der Waals surface area contributed by atoms with Gasteiger partial charge in [-0.1, -0.05) is 6.92 Å². The van der Waals surface area contributed by atoms with E-state index in [1.54, 1.807) is 17.6 Å². The van der Waals surface area contributed by atoms with Gasteiger partial charge in [0.1, 0.15) is 11.8 Å². The summed E-state index contributed by atoms with van der Waals surface area (Å²) in [4.78, 5) is 2.59. The Labute approximate surface area is 114 Å². The smallest absolute Gasteiger partial charge is 0.126 e. The van der Waals surface area contributed by atoms with Gasteiger partial charge in [-0.3, -0.25) is 0 Å². The van der Waals surface area contributed by atoms with Crippen molar-refractivity contribution < 1.29 is 4.42 Å². The molecule has 0 spiro atoms. The number of furan rings is 1. The van der Waals surface area contributed by atoms with Crippen LogP contribution in [0.25, 0.3) is 0 Å². The Hall–Kier alpha value is -0.580. The van der Waals surface area contributed by atoms with E-state index in [0.717, 1.165) is 18.7 Å². The summed E-state index contributed by atoms with van der Waals surface area (Å²) >= 11 is 5.37. The molecule has 0 radical (unpaired) electrons. The van der Waals surface area contributed by atoms with E-state index in [1.807, 2.05) is 12.1 Å². The van der Waals surface area contributed by atoms with E-state index in [1.165, 1.54) is 14.2 Å². The standard InChI is InChI=1S/C13H16BrNOS/c1-3-6-15-13(11-5-4-7-16-11)12-8-10(14)9(2)17-12/h4-5,7-8,13,15H,3,6H2,1-2H3. The lowest BCUT2D eigenvalue weighted by Gasteiger charge is -2.14. The Kier molecular flexibility index (Phi) is 4.42. The lowest BCUT2D eigenvalue weighted by Crippen LogP contribution is -2.21. The average Bonchev–Trinajstić information content (AvgIpc) is 2.92. The number of thiophene rings is 1. The topological polar surface area (TPSA) is 25.2 Å². The number of hydrogen-bond acceptors (Lipinski definition) is 3. The van der Waals surface area contributed by atoms with Crippen molar-refractivity contribution in [3.63, 3.8) is 0 Å². The fourth-order valence-corrected chi connectivity index (χ4v) is 3.35. The molecule has 0 aliphatic carbocycles. The van der Waals surface area contributed by atoms with Gasteiger partial charge in [-0.2, -0.15) is 0 Å². The maximum absolute atomic E-state index is 5.53. The normalized spacial score (nSPS) is 12.9. The molecule has 0 aliphatic rings. The number of aryl methyl sites for hydroxylation is 1. The van der Waals surface area contributed by atoms with Crippen LogP contribution in [0.15, 0.2) is 33.4 Å². The van der Waals surface area contributed by atoms with Crippen LogP contribution in [0.1, 0.15) is 34.9 Å². The molecule has 2 heterocycles. The summed E-state index contributed by atoms with van der Waals surface area (Å²) in [5, 5.41) is 3.52. The van der Waals surface area contributed by atoms with E-state index >= 15 is 0 Å². The molecule has 0 aliphatic heterocycles. The van der Waals surface area contributed by atoms with Crippen LogP contribution < -0.4 is 5.32 Å². The molecular formula is C13H16BrNOS. The second-order valence-corrected chi connectivity index (χ2v) is 6.10. The van der Waals surface area contributed by atoms with E-state index in [0.29, 0.717) is 0 Å². The highest BCUT2D eigenvalue weighted by molar-refractivity contribution is 9.10. The Morgan fingerprint density at radius 1 is 1.53 bits per heavy atom. The first-order valence-corrected chi connectivity index (χ1v) is 7.36. The SMILES string of the molecule is CCCNC(c1ccco1)c1cc(Br)c(C)s1. The summed E-state index contributed by atoms with van der Waals surface area (Å²) in [7, 11) is 0. The van der Waals surface area contributed by atoms with Crippen LogP contribution in [0, 0.1) is 6.92 Å². The Morgan fingerprint density at radius 2 is 2.35 bits per heavy atom. The van der Waals surface area contributed by atoms with Crippen LogP contribution in [-0.4, -0.2) is 6.54 Å². The number of hydrogen-bond donors (Lipinski definition) is 1. The predicted molar refractivity (Wildman–Crippen MR) is 75.6 cm³/mol. The molecule has 2 aromatic rings. The Bertz CT molecular complexity index is 444. The Morgan fingerprint density at radius 3 is 2.88 bits per heavy atom. The Balaban J connectivity index is 2.26. The molecule has 1 unspecified atom stereocenters. The number of rotatable bonds is 5. The van der Waals surface area contributed by atoms with Crippen LogP contribution in [0.4, 0.5) is 0 Å². The summed E-state index contributed by atoms with van der Waals surface area (Å²) < 4.78 is 6.70. The lowest BCUT2D eigenvalue weighted by molar-refractivity contribution is 0.450. The molecule has 1 atom stereocenters. The summed E-state index contributed by atoms with van der Waals surface area (Å²) in [5.41, 5.74) is 0. The first-order chi connectivity index (χ1) is 8.22. The molecule has 2 nitrogen and oxygen atoms in total. The zero-order valence-corrected chi connectivity index (χ0v) is 12.4. The van der Waals surface area contributed by atoms with E-state index in [2.05, 4.69) is 41.2 Å². The third-order valence-corrected chi connectivity index (χ3v) is 4.79. The van der Waals surface area contributed by atoms with Crippen molar-refractivity contribution in [2.75, 3.05) is 6.54 Å². The molecule has 4 heteroatoms. The molecule has 17 heavy (non-hydrogen) atoms. The zero-order chi connectivity index (χ0) is 12.3. The maximum Gasteiger partial charge on any atom is 0.126 e. The molecule has 0 aromatic carbocycles. The fraction of sp³-hybridized carbons (Fsp3) is 0.385. The highest BCUT2D eigenvalue weighted by Crippen LogP contribution is 2.33. The quantitative estimate of drug-likeness (QED) is 0.879. The summed E-state index contributed by atoms with van der Waals surface area (Å²) in [6.45, 7) is 5.28. The van der Waals surface area contributed by atoms with Crippen molar-refractivity contribution in [2.24, 2.45) is 0 Å². The number of nitrogens with one attached hydrogen (secondary N) is 1. The molecule has 1 N–H and O–H groups in total. The summed E-state index contributed by atoms with van der Waals surface area (Å²) in [5.74, 6) is 0.979. The highest BCUT2D eigenvalue weighted by atomic mass is 79.9. The van der Waals surface area contributed by atoms with E-state index in [9.17, 15) is 0 Å². The largest absolute Gasteiger partial charge is 0.467 e. The molecule has 0 bridgehead atoms. The van der Waals surface area contributed by atoms with Crippen LogP contribution in [0.2, 0.25) is 0 Å². The van der Waals surface area contributed by atoms with Gasteiger partial charge in [0.25, 0.3) is 0 Å². The second-order valence-electron chi connectivity index (χ2n) is 3.96. The van der Waals surface area contributed by atoms with Crippen LogP contribution >= 0.6 is 27.3 Å². The third kappa shape index (κ3) is 3.00. The molecule has 0 fully saturated rings. The van der Waals surface area contributed by atoms with E-state index in [-0.39, 0.29) is 6.04 Å². The third-order valence-electron chi connectivity index (χ3n) is 2.59. The minimum atomic E-state index is 0.167. The predicted octanol–water partition coefficient (Wildman–Crippen LogP) is 4.50. The van der Waals surface area contributed by atoms with Gasteiger partial charge in [-0.25, -0.2) is 0 Å². The van der Waals surface area contributed by atoms with Crippen molar-refractivity contribution in [3.8, 4) is 0 Å². The van der Waals surface area contributed by atoms with Gasteiger partial charge >= 0.3 is 0 Å². The van der Waals surface area contributed by atoms with Gasteiger partial charge in [0, 0.05) is 14.2 Å². The summed E-state index contributed by atoms with van der Waals surface area (Å²) in [6, 6.07) is 6.30. The van der Waals surface area contributed by atoms with Crippen LogP contribution in [0.5, 0.6) is 0 Å². The monoisotopic (exact) mass is 313 g/mol. The second kappa shape index (κ2) is 5.85. The van der Waals surface area contributed by atoms with Crippen molar-refractivity contribution in [1.82, 2.24) is 5.32 Å². The average molecular weight is 314 g/mol. The zero-order valence-electron chi connectivity index (χ0n) is 10.00. The van der Waals surface area contributed by atoms with Crippen LogP contribution in [0.3, 0.4) is 0 Å². The van der Waals surface area contributed by atoms with Gasteiger partial charge in [-0.05, 0) is 54.0 Å². The van der Waals surface area contributed by atoms with Crippen molar-refractivity contribution in [1.29, 1.82) is 0 Å². The maximum atomic E-state index is 5.53. The molecule has 0 amide bonds. The van der Waals surface area contributed by atoms with Crippen molar-refractivity contribution in [3.05, 3.63) is 44.4 Å². The molecule has 0 saturated heterocycles. The number of halogens is 1. The lowest BCUT2D eigenvalue weighted by atomic mass is 10.2. The fourth-order valence-electron chi connectivity index (χ4n) is 1.71. The van der Waals surface area contributed by atoms with Crippen molar-refractivity contribution in [2.45, 2.75) is 26.3 Å². The molecular weight excluding hydrogens is 298 g/mol. The van der Waals surface area contributed by atoms with E-state index in [4.69, 9.17) is 4.42 Å².